The van der Waals surface area contributed by atoms with Crippen LogP contribution >= 0.6 is 0 Å². The highest BCUT2D eigenvalue weighted by Gasteiger charge is 2.23. The Morgan fingerprint density at radius 1 is 1.28 bits per heavy atom. The van der Waals surface area contributed by atoms with Gasteiger partial charge in [-0.1, -0.05) is 31.0 Å². The summed E-state index contributed by atoms with van der Waals surface area (Å²) in [6.45, 7) is 0.177. The van der Waals surface area contributed by atoms with E-state index in [9.17, 15) is 13.2 Å². The number of benzene rings is 1. The van der Waals surface area contributed by atoms with Gasteiger partial charge in [0.05, 0.1) is 12.8 Å². The van der Waals surface area contributed by atoms with Gasteiger partial charge in [0.2, 0.25) is 15.9 Å². The highest BCUT2D eigenvalue weighted by molar-refractivity contribution is 7.88. The molecule has 3 rings (SSSR count). The van der Waals surface area contributed by atoms with Crippen molar-refractivity contribution < 1.29 is 13.2 Å². The van der Waals surface area contributed by atoms with Crippen LogP contribution in [0.2, 0.25) is 0 Å². The molecule has 0 spiro atoms. The van der Waals surface area contributed by atoms with Gasteiger partial charge in [0.25, 0.3) is 0 Å². The lowest BCUT2D eigenvalue weighted by Crippen LogP contribution is -2.43. The number of rotatable bonds is 7. The summed E-state index contributed by atoms with van der Waals surface area (Å²) in [4.78, 5) is 15.4. The van der Waals surface area contributed by atoms with Crippen molar-refractivity contribution in [2.75, 3.05) is 19.3 Å². The fourth-order valence-electron chi connectivity index (χ4n) is 3.45. The van der Waals surface area contributed by atoms with Crippen molar-refractivity contribution in [3.05, 3.63) is 36.0 Å². The van der Waals surface area contributed by atoms with Crippen LogP contribution in [0, 0.1) is 0 Å². The van der Waals surface area contributed by atoms with Gasteiger partial charge < -0.3 is 10.3 Å². The predicted molar refractivity (Wildman–Crippen MR) is 98.8 cm³/mol. The second-order valence-corrected chi connectivity index (χ2v) is 8.74. The number of sulfonamides is 1. The molecule has 0 unspecified atom stereocenters. The van der Waals surface area contributed by atoms with E-state index in [1.54, 1.807) is 0 Å². The first kappa shape index (κ1) is 17.9. The third kappa shape index (κ3) is 4.61. The van der Waals surface area contributed by atoms with Crippen LogP contribution in [0.1, 0.15) is 31.2 Å². The van der Waals surface area contributed by atoms with E-state index in [0.29, 0.717) is 13.0 Å². The summed E-state index contributed by atoms with van der Waals surface area (Å²) in [5.41, 5.74) is 2.09. The summed E-state index contributed by atoms with van der Waals surface area (Å²) < 4.78 is 25.4. The van der Waals surface area contributed by atoms with Gasteiger partial charge in [-0.3, -0.25) is 4.79 Å². The van der Waals surface area contributed by atoms with E-state index < -0.39 is 10.0 Å². The minimum absolute atomic E-state index is 0.113. The number of fused-ring (bicyclic) bond motifs is 1. The molecule has 0 atom stereocenters. The van der Waals surface area contributed by atoms with Crippen LogP contribution in [0.15, 0.2) is 30.5 Å². The number of carbonyl (C=O) groups is 1. The van der Waals surface area contributed by atoms with Gasteiger partial charge in [-0.15, -0.1) is 0 Å². The van der Waals surface area contributed by atoms with Crippen LogP contribution in [0.3, 0.4) is 0 Å². The quantitative estimate of drug-likeness (QED) is 0.790. The van der Waals surface area contributed by atoms with Gasteiger partial charge in [0, 0.05) is 29.7 Å². The number of hydrogen-bond donors (Lipinski definition) is 2. The van der Waals surface area contributed by atoms with Crippen molar-refractivity contribution in [2.24, 2.45) is 0 Å². The molecule has 136 valence electrons. The smallest absolute Gasteiger partial charge is 0.235 e. The Balaban J connectivity index is 1.63. The van der Waals surface area contributed by atoms with E-state index in [-0.39, 0.29) is 18.5 Å². The van der Waals surface area contributed by atoms with Crippen molar-refractivity contribution in [3.63, 3.8) is 0 Å². The molecular weight excluding hydrogens is 338 g/mol. The van der Waals surface area contributed by atoms with E-state index in [1.165, 1.54) is 4.31 Å². The Hall–Kier alpha value is -1.86. The van der Waals surface area contributed by atoms with Crippen molar-refractivity contribution in [1.29, 1.82) is 0 Å². The number of nitrogens with zero attached hydrogens (tertiary/aromatic N) is 1. The lowest BCUT2D eigenvalue weighted by molar-refractivity contribution is -0.122. The molecule has 2 aromatic rings. The zero-order chi connectivity index (χ0) is 17.9. The van der Waals surface area contributed by atoms with Crippen LogP contribution in [-0.4, -0.2) is 49.0 Å². The van der Waals surface area contributed by atoms with Gasteiger partial charge in [-0.2, -0.15) is 4.31 Å². The van der Waals surface area contributed by atoms with Crippen LogP contribution in [0.4, 0.5) is 0 Å². The van der Waals surface area contributed by atoms with E-state index in [4.69, 9.17) is 0 Å². The summed E-state index contributed by atoms with van der Waals surface area (Å²) in [7, 11) is -3.44. The highest BCUT2D eigenvalue weighted by atomic mass is 32.2. The average Bonchev–Trinajstić information content (AvgIpc) is 3.20. The first-order valence-corrected chi connectivity index (χ1v) is 10.6. The summed E-state index contributed by atoms with van der Waals surface area (Å²) in [5.74, 6) is -0.212. The fourth-order valence-corrected chi connectivity index (χ4v) is 4.22. The lowest BCUT2D eigenvalue weighted by atomic mass is 10.1. The van der Waals surface area contributed by atoms with Crippen LogP contribution in [-0.2, 0) is 21.2 Å². The van der Waals surface area contributed by atoms with Gasteiger partial charge in [-0.05, 0) is 30.9 Å². The maximum absolute atomic E-state index is 12.2. The molecule has 25 heavy (non-hydrogen) atoms. The number of amides is 1. The molecule has 1 saturated carbocycles. The Labute approximate surface area is 148 Å². The second-order valence-electron chi connectivity index (χ2n) is 6.75. The highest BCUT2D eigenvalue weighted by Crippen LogP contribution is 2.19. The predicted octanol–water partition coefficient (Wildman–Crippen LogP) is 2.03. The maximum Gasteiger partial charge on any atom is 0.235 e. The minimum Gasteiger partial charge on any atom is -0.361 e. The Morgan fingerprint density at radius 3 is 2.72 bits per heavy atom. The van der Waals surface area contributed by atoms with Crippen LogP contribution in [0.25, 0.3) is 10.9 Å². The average molecular weight is 363 g/mol. The van der Waals surface area contributed by atoms with Gasteiger partial charge in [0.15, 0.2) is 0 Å². The Morgan fingerprint density at radius 2 is 2.00 bits per heavy atom. The summed E-state index contributed by atoms with van der Waals surface area (Å²) >= 11 is 0. The molecular formula is C18H25N3O3S. The number of carbonyl (C=O) groups excluding carboxylic acids is 1. The first-order valence-electron chi connectivity index (χ1n) is 8.73. The zero-order valence-corrected chi connectivity index (χ0v) is 15.3. The van der Waals surface area contributed by atoms with Crippen molar-refractivity contribution in [2.45, 2.75) is 38.1 Å². The van der Waals surface area contributed by atoms with E-state index in [2.05, 4.69) is 10.3 Å². The second kappa shape index (κ2) is 7.58. The number of hydrogen-bond acceptors (Lipinski definition) is 3. The molecule has 1 aromatic carbocycles. The SMILES string of the molecule is CS(=O)(=O)N(CCc1c[nH]c2ccccc12)CC(=O)NC1CCCC1. The number of aromatic nitrogens is 1. The van der Waals surface area contributed by atoms with Crippen LogP contribution < -0.4 is 5.32 Å². The van der Waals surface area contributed by atoms with Gasteiger partial charge >= 0.3 is 0 Å². The number of para-hydroxylation sites is 1. The molecule has 1 fully saturated rings. The molecule has 6 nitrogen and oxygen atoms in total. The molecule has 0 bridgehead atoms. The molecule has 1 amide bonds. The number of H-pyrrole nitrogens is 1. The third-order valence-electron chi connectivity index (χ3n) is 4.81. The molecule has 1 aliphatic carbocycles. The molecule has 1 aromatic heterocycles. The Kier molecular flexibility index (Phi) is 5.44. The normalized spacial score (nSPS) is 15.9. The third-order valence-corrected chi connectivity index (χ3v) is 6.06. The monoisotopic (exact) mass is 363 g/mol. The molecule has 1 aliphatic rings. The van der Waals surface area contributed by atoms with Crippen molar-refractivity contribution in [1.82, 2.24) is 14.6 Å². The van der Waals surface area contributed by atoms with Crippen molar-refractivity contribution in [3.8, 4) is 0 Å². The summed E-state index contributed by atoms with van der Waals surface area (Å²) in [5, 5.41) is 4.04. The molecule has 7 heteroatoms. The number of nitrogens with one attached hydrogen (secondary N) is 2. The largest absolute Gasteiger partial charge is 0.361 e. The molecule has 1 heterocycles. The summed E-state index contributed by atoms with van der Waals surface area (Å²) in [6, 6.07) is 8.12. The lowest BCUT2D eigenvalue weighted by Gasteiger charge is -2.21. The van der Waals surface area contributed by atoms with E-state index in [1.807, 2.05) is 30.5 Å². The molecule has 0 saturated heterocycles. The van der Waals surface area contributed by atoms with Crippen molar-refractivity contribution >= 4 is 26.8 Å². The molecule has 2 N–H and O–H groups in total. The topological polar surface area (TPSA) is 82.3 Å². The number of aromatic amines is 1. The van der Waals surface area contributed by atoms with E-state index in [0.717, 1.165) is 48.4 Å². The minimum atomic E-state index is -3.44. The molecule has 0 radical (unpaired) electrons. The molecule has 0 aliphatic heterocycles. The standard InChI is InChI=1S/C18H25N3O3S/c1-25(23,24)21(13-18(22)20-15-6-2-3-7-15)11-10-14-12-19-17-9-5-4-8-16(14)17/h4-5,8-9,12,15,19H,2-3,6-7,10-11,13H2,1H3,(H,20,22). The fraction of sp³-hybridized carbons (Fsp3) is 0.500. The van der Waals surface area contributed by atoms with Gasteiger partial charge in [0.1, 0.15) is 0 Å². The Bertz CT molecular complexity index is 838. The summed E-state index contributed by atoms with van der Waals surface area (Å²) in [6.07, 6.45) is 7.85. The maximum atomic E-state index is 12.2. The first-order chi connectivity index (χ1) is 11.9. The zero-order valence-electron chi connectivity index (χ0n) is 14.5. The van der Waals surface area contributed by atoms with Gasteiger partial charge in [-0.25, -0.2) is 8.42 Å². The van der Waals surface area contributed by atoms with E-state index >= 15 is 0 Å². The van der Waals surface area contributed by atoms with Crippen LogP contribution in [0.5, 0.6) is 0 Å².